The van der Waals surface area contributed by atoms with E-state index < -0.39 is 0 Å². The maximum atomic E-state index is 2.33. The van der Waals surface area contributed by atoms with Crippen molar-refractivity contribution in [3.05, 3.63) is 109 Å². The molecule has 0 radical (unpaired) electrons. The van der Waals surface area contributed by atoms with Crippen LogP contribution < -0.4 is 24.8 Å². The summed E-state index contributed by atoms with van der Waals surface area (Å²) >= 11 is 1.45. The number of hydrogen-bond acceptors (Lipinski definition) is 0. The van der Waals surface area contributed by atoms with E-state index in [1.165, 1.54) is 88.2 Å². The Morgan fingerprint density at radius 2 is 0.825 bits per heavy atom. The molecule has 0 unspecified atom stereocenters. The number of halogens is 2. The Morgan fingerprint density at radius 1 is 0.525 bits per heavy atom. The maximum Gasteiger partial charge on any atom is 0.00712 e. The quantitative estimate of drug-likeness (QED) is 0.167. The van der Waals surface area contributed by atoms with Gasteiger partial charge in [0, 0.05) is 25.1 Å². The first-order chi connectivity index (χ1) is 18.5. The molecular weight excluding hydrogens is 714 g/mol. The second-order valence-electron chi connectivity index (χ2n) is 10.1. The van der Waals surface area contributed by atoms with Crippen LogP contribution in [0.4, 0.5) is 0 Å². The third-order valence-corrected chi connectivity index (χ3v) is 7.32. The minimum atomic E-state index is 0. The molecule has 0 aliphatic heterocycles. The number of aryl methyl sites for hydroxylation is 2. The standard InChI is InChI=1S/2C16H12N.C2H6Si.2ClH.Hf/c2*1-17-15-9-5-4-8-13(15)14-10-11-6-2-3-7-12(11)16(14)17;1-3-2;;;/h2*2-10H,1H3;1-2H3;2*1H;/q2*-1;;;;+2/p-2. The van der Waals surface area contributed by atoms with Gasteiger partial charge in [-0.25, -0.2) is 0 Å². The number of hydrogen-bond donors (Lipinski definition) is 0. The first-order valence-electron chi connectivity index (χ1n) is 13.0. The Morgan fingerprint density at radius 3 is 1.20 bits per heavy atom. The summed E-state index contributed by atoms with van der Waals surface area (Å²) in [6.07, 6.45) is 0. The second kappa shape index (κ2) is 12.5. The topological polar surface area (TPSA) is 9.86 Å². The smallest absolute Gasteiger partial charge is 0.00712 e. The summed E-state index contributed by atoms with van der Waals surface area (Å²) in [6.45, 7) is 4.66. The number of benzene rings is 4. The number of rotatable bonds is 0. The summed E-state index contributed by atoms with van der Waals surface area (Å²) in [6, 6.07) is 39.0. The van der Waals surface area contributed by atoms with Crippen molar-refractivity contribution >= 4 is 70.7 Å². The van der Waals surface area contributed by atoms with Crippen molar-refractivity contribution in [2.75, 3.05) is 0 Å². The summed E-state index contributed by atoms with van der Waals surface area (Å²) in [5.74, 6) is 0. The second-order valence-corrected chi connectivity index (χ2v) is 22.9. The summed E-state index contributed by atoms with van der Waals surface area (Å²) in [4.78, 5) is 0. The molecule has 200 valence electrons. The Balaban J connectivity index is 0.000000157. The number of para-hydroxylation sites is 2. The van der Waals surface area contributed by atoms with Crippen molar-refractivity contribution in [2.45, 2.75) is 13.1 Å². The van der Waals surface area contributed by atoms with Crippen LogP contribution in [0.3, 0.4) is 0 Å². The Kier molecular flexibility index (Phi) is 9.46. The van der Waals surface area contributed by atoms with Crippen LogP contribution in [-0.4, -0.2) is 14.6 Å². The van der Waals surface area contributed by atoms with Crippen LogP contribution in [0.25, 0.3) is 65.2 Å². The average Bonchev–Trinajstić information content (AvgIpc) is 3.64. The zero-order chi connectivity index (χ0) is 26.4. The molecule has 0 atom stereocenters. The Labute approximate surface area is 262 Å². The van der Waals surface area contributed by atoms with Crippen molar-refractivity contribution in [2.24, 2.45) is 14.1 Å². The molecule has 2 aromatic heterocycles. The molecule has 8 aromatic rings. The molecule has 0 bridgehead atoms. The fourth-order valence-electron chi connectivity index (χ4n) is 5.78. The van der Waals surface area contributed by atoms with Gasteiger partial charge in [0.1, 0.15) is 0 Å². The molecule has 2 nitrogen and oxygen atoms in total. The van der Waals surface area contributed by atoms with Crippen LogP contribution >= 0.6 is 0 Å². The van der Waals surface area contributed by atoms with Crippen LogP contribution in [0, 0.1) is 0 Å². The van der Waals surface area contributed by atoms with Gasteiger partial charge >= 0.3 is 41.6 Å². The first kappa shape index (κ1) is 30.3. The van der Waals surface area contributed by atoms with Crippen LogP contribution in [0.15, 0.2) is 109 Å². The summed E-state index contributed by atoms with van der Waals surface area (Å²) in [5, 5.41) is 10.8. The van der Waals surface area contributed by atoms with Crippen molar-refractivity contribution in [3.63, 3.8) is 0 Å². The van der Waals surface area contributed by atoms with Gasteiger partial charge in [-0.2, -0.15) is 0 Å². The summed E-state index contributed by atoms with van der Waals surface area (Å²) < 4.78 is 4.60. The molecule has 0 spiro atoms. The average molecular weight is 744 g/mol. The van der Waals surface area contributed by atoms with E-state index >= 15 is 0 Å². The zero-order valence-electron chi connectivity index (χ0n) is 23.0. The predicted molar refractivity (Wildman–Crippen MR) is 165 cm³/mol. The van der Waals surface area contributed by atoms with Gasteiger partial charge in [-0.15, -0.1) is 35.0 Å². The largest absolute Gasteiger partial charge is 1.00 e. The van der Waals surface area contributed by atoms with Gasteiger partial charge < -0.3 is 33.9 Å². The van der Waals surface area contributed by atoms with E-state index in [0.29, 0.717) is 0 Å². The molecule has 0 aliphatic rings. The van der Waals surface area contributed by atoms with Crippen LogP contribution in [0.2, 0.25) is 13.1 Å². The summed E-state index contributed by atoms with van der Waals surface area (Å²) in [7, 11) is 4.30. The van der Waals surface area contributed by atoms with E-state index in [2.05, 4.69) is 146 Å². The predicted octanol–water partition coefficient (Wildman–Crippen LogP) is 3.20. The number of aromatic nitrogens is 2. The first-order valence-corrected chi connectivity index (χ1v) is 20.9. The minimum Gasteiger partial charge on any atom is -1.00 e. The van der Waals surface area contributed by atoms with Crippen LogP contribution in [0.5, 0.6) is 0 Å². The molecule has 0 amide bonds. The Hall–Kier alpha value is -2.63. The molecular formula is C34H30Cl2HfN2Si-2. The Bertz CT molecular complexity index is 1950. The van der Waals surface area contributed by atoms with E-state index in [1.807, 2.05) is 0 Å². The fourth-order valence-corrected chi connectivity index (χ4v) is 5.78. The molecule has 6 aromatic carbocycles. The van der Waals surface area contributed by atoms with E-state index in [-0.39, 0.29) is 30.3 Å². The van der Waals surface area contributed by atoms with E-state index in [0.717, 1.165) is 0 Å². The third-order valence-electron chi connectivity index (χ3n) is 7.32. The van der Waals surface area contributed by atoms with Gasteiger partial charge in [0.2, 0.25) is 0 Å². The summed E-state index contributed by atoms with van der Waals surface area (Å²) in [5.41, 5.74) is 5.57. The molecule has 0 saturated carbocycles. The maximum absolute atomic E-state index is 2.33. The molecule has 2 heterocycles. The number of fused-ring (bicyclic) bond motifs is 10. The monoisotopic (exact) mass is 744 g/mol. The molecule has 6 heteroatoms. The van der Waals surface area contributed by atoms with Crippen molar-refractivity contribution in [1.82, 2.24) is 9.13 Å². The minimum absolute atomic E-state index is 0. The third kappa shape index (κ3) is 5.23. The van der Waals surface area contributed by atoms with Crippen molar-refractivity contribution in [1.29, 1.82) is 0 Å². The molecule has 0 fully saturated rings. The normalized spacial score (nSPS) is 10.8. The van der Waals surface area contributed by atoms with Crippen molar-refractivity contribution in [3.8, 4) is 0 Å². The number of nitrogens with zero attached hydrogens (tertiary/aromatic N) is 2. The van der Waals surface area contributed by atoms with Gasteiger partial charge in [-0.05, 0) is 23.2 Å². The van der Waals surface area contributed by atoms with Crippen molar-refractivity contribution < 1.29 is 47.8 Å². The van der Waals surface area contributed by atoms with Gasteiger partial charge in [-0.1, -0.05) is 105 Å². The fraction of sp³-hybridized carbons (Fsp3) is 0.118. The molecule has 0 N–H and O–H groups in total. The molecule has 40 heavy (non-hydrogen) atoms. The molecule has 8 rings (SSSR count). The van der Waals surface area contributed by atoms with E-state index in [1.54, 1.807) is 0 Å². The molecule has 0 saturated heterocycles. The van der Waals surface area contributed by atoms with Gasteiger partial charge in [-0.3, -0.25) is 0 Å². The molecule has 0 aliphatic carbocycles. The van der Waals surface area contributed by atoms with Gasteiger partial charge in [0.15, 0.2) is 0 Å². The van der Waals surface area contributed by atoms with Crippen LogP contribution in [0.1, 0.15) is 0 Å². The van der Waals surface area contributed by atoms with Gasteiger partial charge in [0.05, 0.1) is 0 Å². The van der Waals surface area contributed by atoms with Crippen LogP contribution in [-0.2, 0) is 37.1 Å². The van der Waals surface area contributed by atoms with E-state index in [4.69, 9.17) is 0 Å². The SMILES string of the molecule is C[Si](C)=[Hf+2].Cn1c2ccccc2c2[cH-]c3ccccc3c21.Cn1c2ccccc2c2[cH-]c3ccccc3c21.[Cl-].[Cl-]. The van der Waals surface area contributed by atoms with E-state index in [9.17, 15) is 0 Å². The zero-order valence-corrected chi connectivity index (χ0v) is 29.1. The van der Waals surface area contributed by atoms with Gasteiger partial charge in [0.25, 0.3) is 0 Å².